The van der Waals surface area contributed by atoms with E-state index in [9.17, 15) is 9.18 Å². The van der Waals surface area contributed by atoms with E-state index >= 15 is 0 Å². The van der Waals surface area contributed by atoms with Crippen LogP contribution in [0.1, 0.15) is 25.5 Å². The van der Waals surface area contributed by atoms with Crippen molar-refractivity contribution in [2.24, 2.45) is 0 Å². The van der Waals surface area contributed by atoms with E-state index in [0.717, 1.165) is 5.69 Å². The normalized spacial score (nSPS) is 11.1. The zero-order valence-corrected chi connectivity index (χ0v) is 11.1. The Morgan fingerprint density at radius 2 is 2.12 bits per heavy atom. The summed E-state index contributed by atoms with van der Waals surface area (Å²) in [6.45, 7) is 3.96. The maximum Gasteiger partial charge on any atom is 0.285 e. The average Bonchev–Trinajstić information content (AvgIpc) is 2.56. The van der Waals surface area contributed by atoms with Gasteiger partial charge in [-0.3, -0.25) is 9.89 Å². The zero-order valence-electron chi connectivity index (χ0n) is 9.50. The number of hydrogen-bond donors (Lipinski definition) is 1. The van der Waals surface area contributed by atoms with Gasteiger partial charge in [0.05, 0.1) is 11.4 Å². The molecule has 0 spiro atoms. The minimum absolute atomic E-state index is 0.187. The first-order valence-electron chi connectivity index (χ1n) is 5.27. The SMILES string of the molecule is CC(C)c1[nH]n(-c2cccc(F)c2)c(=O)c1Br. The first-order valence-corrected chi connectivity index (χ1v) is 6.06. The van der Waals surface area contributed by atoms with Gasteiger partial charge >= 0.3 is 0 Å². The van der Waals surface area contributed by atoms with Crippen molar-refractivity contribution in [3.8, 4) is 5.69 Å². The Morgan fingerprint density at radius 1 is 1.41 bits per heavy atom. The van der Waals surface area contributed by atoms with Crippen LogP contribution >= 0.6 is 15.9 Å². The molecular weight excluding hydrogens is 287 g/mol. The molecule has 1 aromatic carbocycles. The lowest BCUT2D eigenvalue weighted by atomic mass is 10.1. The minimum atomic E-state index is -0.369. The minimum Gasteiger partial charge on any atom is -0.294 e. The van der Waals surface area contributed by atoms with Gasteiger partial charge in [0.25, 0.3) is 5.56 Å². The fraction of sp³-hybridized carbons (Fsp3) is 0.250. The van der Waals surface area contributed by atoms with Gasteiger partial charge in [0.2, 0.25) is 0 Å². The molecule has 0 unspecified atom stereocenters. The van der Waals surface area contributed by atoms with Crippen molar-refractivity contribution in [1.29, 1.82) is 0 Å². The van der Waals surface area contributed by atoms with Crippen molar-refractivity contribution < 1.29 is 4.39 Å². The number of benzene rings is 1. The van der Waals surface area contributed by atoms with Crippen molar-refractivity contribution in [3.05, 3.63) is 50.6 Å². The summed E-state index contributed by atoms with van der Waals surface area (Å²) in [4.78, 5) is 12.0. The standard InChI is InChI=1S/C12H12BrFN2O/c1-7(2)11-10(13)12(17)16(15-11)9-5-3-4-8(14)6-9/h3-7,15H,1-2H3. The van der Waals surface area contributed by atoms with Crippen LogP contribution in [-0.2, 0) is 0 Å². The molecule has 3 nitrogen and oxygen atoms in total. The Kier molecular flexibility index (Phi) is 3.19. The number of nitrogens with one attached hydrogen (secondary N) is 1. The van der Waals surface area contributed by atoms with E-state index in [1.54, 1.807) is 12.1 Å². The summed E-state index contributed by atoms with van der Waals surface area (Å²) in [5.74, 6) is -0.182. The summed E-state index contributed by atoms with van der Waals surface area (Å²) in [6, 6.07) is 5.91. The summed E-state index contributed by atoms with van der Waals surface area (Å²) in [5.41, 5.74) is 1.08. The lowest BCUT2D eigenvalue weighted by Crippen LogP contribution is -2.14. The second-order valence-electron chi connectivity index (χ2n) is 4.11. The second-order valence-corrected chi connectivity index (χ2v) is 4.91. The molecule has 5 heteroatoms. The number of aromatic nitrogens is 2. The molecule has 0 radical (unpaired) electrons. The molecule has 0 fully saturated rings. The highest BCUT2D eigenvalue weighted by Crippen LogP contribution is 2.20. The third-order valence-corrected chi connectivity index (χ3v) is 3.27. The highest BCUT2D eigenvalue weighted by atomic mass is 79.9. The van der Waals surface area contributed by atoms with Gasteiger partial charge in [-0.25, -0.2) is 9.07 Å². The van der Waals surface area contributed by atoms with Crippen LogP contribution in [0.25, 0.3) is 5.69 Å². The highest BCUT2D eigenvalue weighted by Gasteiger charge is 2.15. The first kappa shape index (κ1) is 12.1. The van der Waals surface area contributed by atoms with Gasteiger partial charge in [0.15, 0.2) is 0 Å². The van der Waals surface area contributed by atoms with Gasteiger partial charge < -0.3 is 0 Å². The topological polar surface area (TPSA) is 37.8 Å². The van der Waals surface area contributed by atoms with Crippen LogP contribution in [0.4, 0.5) is 4.39 Å². The maximum atomic E-state index is 13.1. The largest absolute Gasteiger partial charge is 0.294 e. The first-order chi connectivity index (χ1) is 8.00. The molecule has 1 aromatic heterocycles. The number of nitrogens with zero attached hydrogens (tertiary/aromatic N) is 1. The molecule has 0 amide bonds. The molecule has 90 valence electrons. The van der Waals surface area contributed by atoms with Gasteiger partial charge in [-0.2, -0.15) is 0 Å². The molecule has 0 saturated carbocycles. The molecule has 0 bridgehead atoms. The van der Waals surface area contributed by atoms with Gasteiger partial charge in [0.1, 0.15) is 10.3 Å². The Bertz CT molecular complexity index is 601. The zero-order chi connectivity index (χ0) is 12.6. The number of halogens is 2. The lowest BCUT2D eigenvalue weighted by molar-refractivity contribution is 0.624. The van der Waals surface area contributed by atoms with Crippen LogP contribution in [0.5, 0.6) is 0 Å². The summed E-state index contributed by atoms with van der Waals surface area (Å²) < 4.78 is 14.9. The molecule has 2 aromatic rings. The molecule has 0 saturated heterocycles. The monoisotopic (exact) mass is 298 g/mol. The Balaban J connectivity index is 2.61. The van der Waals surface area contributed by atoms with Crippen LogP contribution in [0.15, 0.2) is 33.5 Å². The highest BCUT2D eigenvalue weighted by molar-refractivity contribution is 9.10. The summed E-state index contributed by atoms with van der Waals surface area (Å²) in [7, 11) is 0. The average molecular weight is 299 g/mol. The summed E-state index contributed by atoms with van der Waals surface area (Å²) >= 11 is 3.26. The van der Waals surface area contributed by atoms with Gasteiger partial charge in [0, 0.05) is 0 Å². The third kappa shape index (κ3) is 2.20. The molecule has 2 rings (SSSR count). The number of aromatic amines is 1. The van der Waals surface area contributed by atoms with Crippen LogP contribution in [0.2, 0.25) is 0 Å². The number of rotatable bonds is 2. The Hall–Kier alpha value is -1.36. The Labute approximate surface area is 106 Å². The van der Waals surface area contributed by atoms with Gasteiger partial charge in [-0.05, 0) is 40.0 Å². The molecule has 0 aliphatic heterocycles. The van der Waals surface area contributed by atoms with E-state index in [1.165, 1.54) is 16.8 Å². The van der Waals surface area contributed by atoms with Crippen molar-refractivity contribution >= 4 is 15.9 Å². The van der Waals surface area contributed by atoms with E-state index in [4.69, 9.17) is 0 Å². The third-order valence-electron chi connectivity index (χ3n) is 2.50. The van der Waals surface area contributed by atoms with E-state index in [0.29, 0.717) is 10.2 Å². The smallest absolute Gasteiger partial charge is 0.285 e. The van der Waals surface area contributed by atoms with Crippen LogP contribution in [-0.4, -0.2) is 9.78 Å². The molecular formula is C12H12BrFN2O. The maximum absolute atomic E-state index is 13.1. The Morgan fingerprint density at radius 3 is 2.65 bits per heavy atom. The molecule has 0 aliphatic carbocycles. The lowest BCUT2D eigenvalue weighted by Gasteiger charge is -2.03. The molecule has 0 aliphatic rings. The predicted octanol–water partition coefficient (Wildman–Crippen LogP) is 3.19. The fourth-order valence-corrected chi connectivity index (χ4v) is 2.34. The van der Waals surface area contributed by atoms with Crippen LogP contribution in [0, 0.1) is 5.82 Å². The van der Waals surface area contributed by atoms with E-state index in [2.05, 4.69) is 21.0 Å². The number of hydrogen-bond acceptors (Lipinski definition) is 1. The van der Waals surface area contributed by atoms with E-state index in [-0.39, 0.29) is 17.3 Å². The van der Waals surface area contributed by atoms with Gasteiger partial charge in [-0.1, -0.05) is 19.9 Å². The predicted molar refractivity (Wildman–Crippen MR) is 68.1 cm³/mol. The summed E-state index contributed by atoms with van der Waals surface area (Å²) in [6.07, 6.45) is 0. The van der Waals surface area contributed by atoms with Crippen LogP contribution < -0.4 is 5.56 Å². The summed E-state index contributed by atoms with van der Waals surface area (Å²) in [5, 5.41) is 2.98. The van der Waals surface area contributed by atoms with E-state index < -0.39 is 0 Å². The quantitative estimate of drug-likeness (QED) is 0.908. The van der Waals surface area contributed by atoms with E-state index in [1.807, 2.05) is 13.8 Å². The molecule has 1 heterocycles. The molecule has 1 N–H and O–H groups in total. The van der Waals surface area contributed by atoms with Crippen molar-refractivity contribution in [2.75, 3.05) is 0 Å². The van der Waals surface area contributed by atoms with Crippen molar-refractivity contribution in [2.45, 2.75) is 19.8 Å². The fourth-order valence-electron chi connectivity index (χ4n) is 1.61. The second kappa shape index (κ2) is 4.49. The van der Waals surface area contributed by atoms with Crippen molar-refractivity contribution in [1.82, 2.24) is 9.78 Å². The molecule has 0 atom stereocenters. The van der Waals surface area contributed by atoms with Crippen molar-refractivity contribution in [3.63, 3.8) is 0 Å². The molecule has 17 heavy (non-hydrogen) atoms. The van der Waals surface area contributed by atoms with Crippen LogP contribution in [0.3, 0.4) is 0 Å². The van der Waals surface area contributed by atoms with Gasteiger partial charge in [-0.15, -0.1) is 0 Å². The number of H-pyrrole nitrogens is 1.